The number of hydrogen-bond donors (Lipinski definition) is 2. The fourth-order valence-corrected chi connectivity index (χ4v) is 1.83. The molecule has 1 unspecified atom stereocenters. The van der Waals surface area contributed by atoms with Gasteiger partial charge in [0.25, 0.3) is 0 Å². The summed E-state index contributed by atoms with van der Waals surface area (Å²) < 4.78 is 1.59. The highest BCUT2D eigenvalue weighted by Gasteiger charge is 2.13. The number of hydrogen-bond acceptors (Lipinski definition) is 4. The van der Waals surface area contributed by atoms with Crippen molar-refractivity contribution in [3.8, 4) is 0 Å². The van der Waals surface area contributed by atoms with Crippen molar-refractivity contribution in [3.05, 3.63) is 40.7 Å². The summed E-state index contributed by atoms with van der Waals surface area (Å²) in [4.78, 5) is 0. The molecule has 1 heterocycles. The Kier molecular flexibility index (Phi) is 3.31. The molecular formula is C11H13ClN4O. The maximum absolute atomic E-state index is 10.1. The summed E-state index contributed by atoms with van der Waals surface area (Å²) >= 11 is 5.80. The molecule has 0 saturated carbocycles. The molecule has 0 bridgehead atoms. The fourth-order valence-electron chi connectivity index (χ4n) is 1.65. The molecular weight excluding hydrogens is 240 g/mol. The molecule has 2 rings (SSSR count). The first-order valence-corrected chi connectivity index (χ1v) is 5.52. The molecule has 90 valence electrons. The van der Waals surface area contributed by atoms with Crippen molar-refractivity contribution in [2.24, 2.45) is 7.05 Å². The molecule has 17 heavy (non-hydrogen) atoms. The summed E-state index contributed by atoms with van der Waals surface area (Å²) in [5.74, 6) is 0. The second kappa shape index (κ2) is 4.73. The zero-order chi connectivity index (χ0) is 12.4. The van der Waals surface area contributed by atoms with Crippen LogP contribution in [0.2, 0.25) is 5.02 Å². The number of nitrogens with zero attached hydrogens (tertiary/aromatic N) is 3. The van der Waals surface area contributed by atoms with Gasteiger partial charge >= 0.3 is 0 Å². The number of benzene rings is 1. The first-order chi connectivity index (χ1) is 8.06. The summed E-state index contributed by atoms with van der Waals surface area (Å²) in [6.07, 6.45) is 1.43. The number of rotatable bonds is 3. The van der Waals surface area contributed by atoms with Gasteiger partial charge in [0.15, 0.2) is 0 Å². The van der Waals surface area contributed by atoms with Crippen LogP contribution in [-0.4, -0.2) is 20.1 Å². The summed E-state index contributed by atoms with van der Waals surface area (Å²) in [6.45, 7) is 0. The predicted octanol–water partition coefficient (Wildman–Crippen LogP) is 1.33. The largest absolute Gasteiger partial charge is 0.398 e. The number of aliphatic hydroxyl groups is 1. The van der Waals surface area contributed by atoms with Crippen LogP contribution in [0.4, 0.5) is 5.69 Å². The van der Waals surface area contributed by atoms with Crippen LogP contribution in [0.25, 0.3) is 0 Å². The SMILES string of the molecule is Cn1cc(CC(O)c2ccc(Cl)cc2N)nn1. The van der Waals surface area contributed by atoms with Crippen molar-refractivity contribution in [1.29, 1.82) is 0 Å². The second-order valence-corrected chi connectivity index (χ2v) is 4.31. The normalized spacial score (nSPS) is 12.6. The lowest BCUT2D eigenvalue weighted by molar-refractivity contribution is 0.178. The number of aryl methyl sites for hydroxylation is 1. The van der Waals surface area contributed by atoms with Gasteiger partial charge in [-0.05, 0) is 12.1 Å². The maximum Gasteiger partial charge on any atom is 0.0866 e. The molecule has 0 aliphatic rings. The number of anilines is 1. The van der Waals surface area contributed by atoms with Gasteiger partial charge in [0.05, 0.1) is 11.8 Å². The quantitative estimate of drug-likeness (QED) is 0.808. The average Bonchev–Trinajstić information content (AvgIpc) is 2.63. The zero-order valence-corrected chi connectivity index (χ0v) is 10.1. The highest BCUT2D eigenvalue weighted by atomic mass is 35.5. The predicted molar refractivity (Wildman–Crippen MR) is 65.5 cm³/mol. The minimum Gasteiger partial charge on any atom is -0.398 e. The van der Waals surface area contributed by atoms with Crippen molar-refractivity contribution in [2.45, 2.75) is 12.5 Å². The minimum absolute atomic E-state index is 0.375. The van der Waals surface area contributed by atoms with Crippen molar-refractivity contribution >= 4 is 17.3 Å². The van der Waals surface area contributed by atoms with Gasteiger partial charge in [0.1, 0.15) is 0 Å². The van der Waals surface area contributed by atoms with E-state index in [-0.39, 0.29) is 0 Å². The molecule has 0 radical (unpaired) electrons. The number of aromatic nitrogens is 3. The molecule has 1 atom stereocenters. The average molecular weight is 253 g/mol. The number of aliphatic hydroxyl groups excluding tert-OH is 1. The van der Waals surface area contributed by atoms with Crippen LogP contribution in [0.1, 0.15) is 17.4 Å². The van der Waals surface area contributed by atoms with E-state index < -0.39 is 6.10 Å². The number of halogens is 1. The molecule has 6 heteroatoms. The van der Waals surface area contributed by atoms with Crippen LogP contribution in [0.15, 0.2) is 24.4 Å². The summed E-state index contributed by atoms with van der Waals surface area (Å²) in [6, 6.07) is 5.04. The van der Waals surface area contributed by atoms with Crippen LogP contribution in [0.3, 0.4) is 0 Å². The van der Waals surface area contributed by atoms with Gasteiger partial charge in [0.2, 0.25) is 0 Å². The Morgan fingerprint density at radius 3 is 2.88 bits per heavy atom. The summed E-state index contributed by atoms with van der Waals surface area (Å²) in [5, 5.41) is 18.3. The number of nitrogens with two attached hydrogens (primary N) is 1. The first kappa shape index (κ1) is 11.9. The molecule has 0 amide bonds. The molecule has 0 aliphatic carbocycles. The van der Waals surface area contributed by atoms with E-state index in [1.807, 2.05) is 0 Å². The van der Waals surface area contributed by atoms with Crippen molar-refractivity contribution in [1.82, 2.24) is 15.0 Å². The molecule has 0 fully saturated rings. The molecule has 3 N–H and O–H groups in total. The molecule has 1 aromatic heterocycles. The van der Waals surface area contributed by atoms with Gasteiger partial charge < -0.3 is 10.8 Å². The third kappa shape index (κ3) is 2.75. The molecule has 0 saturated heterocycles. The third-order valence-electron chi connectivity index (χ3n) is 2.46. The highest BCUT2D eigenvalue weighted by molar-refractivity contribution is 6.30. The van der Waals surface area contributed by atoms with E-state index in [1.165, 1.54) is 0 Å². The molecule has 0 aliphatic heterocycles. The van der Waals surface area contributed by atoms with Gasteiger partial charge in [-0.1, -0.05) is 22.9 Å². The zero-order valence-electron chi connectivity index (χ0n) is 9.34. The van der Waals surface area contributed by atoms with Gasteiger partial charge in [-0.25, -0.2) is 0 Å². The van der Waals surface area contributed by atoms with E-state index in [0.717, 1.165) is 0 Å². The minimum atomic E-state index is -0.705. The molecule has 2 aromatic rings. The van der Waals surface area contributed by atoms with Crippen molar-refractivity contribution in [2.75, 3.05) is 5.73 Å². The van der Waals surface area contributed by atoms with Crippen LogP contribution >= 0.6 is 11.6 Å². The van der Waals surface area contributed by atoms with Gasteiger partial charge in [-0.3, -0.25) is 4.68 Å². The standard InChI is InChI=1S/C11H13ClN4O/c1-16-6-8(14-15-16)5-11(17)9-3-2-7(12)4-10(9)13/h2-4,6,11,17H,5,13H2,1H3. The van der Waals surface area contributed by atoms with E-state index in [4.69, 9.17) is 17.3 Å². The van der Waals surface area contributed by atoms with Crippen LogP contribution < -0.4 is 5.73 Å². The Morgan fingerprint density at radius 1 is 1.53 bits per heavy atom. The van der Waals surface area contributed by atoms with Gasteiger partial charge in [-0.2, -0.15) is 0 Å². The maximum atomic E-state index is 10.1. The van der Waals surface area contributed by atoms with Crippen molar-refractivity contribution in [3.63, 3.8) is 0 Å². The van der Waals surface area contributed by atoms with E-state index >= 15 is 0 Å². The highest BCUT2D eigenvalue weighted by Crippen LogP contribution is 2.25. The topological polar surface area (TPSA) is 77.0 Å². The third-order valence-corrected chi connectivity index (χ3v) is 2.70. The Bertz CT molecular complexity index is 526. The lowest BCUT2D eigenvalue weighted by Crippen LogP contribution is -2.05. The monoisotopic (exact) mass is 252 g/mol. The molecule has 1 aromatic carbocycles. The van der Waals surface area contributed by atoms with E-state index in [2.05, 4.69) is 10.3 Å². The van der Waals surface area contributed by atoms with Crippen LogP contribution in [0, 0.1) is 0 Å². The number of nitrogen functional groups attached to an aromatic ring is 1. The van der Waals surface area contributed by atoms with Gasteiger partial charge in [0, 0.05) is 35.9 Å². The Morgan fingerprint density at radius 2 is 2.29 bits per heavy atom. The first-order valence-electron chi connectivity index (χ1n) is 5.14. The van der Waals surface area contributed by atoms with E-state index in [9.17, 15) is 5.11 Å². The van der Waals surface area contributed by atoms with Crippen molar-refractivity contribution < 1.29 is 5.11 Å². The molecule has 5 nitrogen and oxygen atoms in total. The molecule has 0 spiro atoms. The Hall–Kier alpha value is -1.59. The Labute approximate surface area is 104 Å². The van der Waals surface area contributed by atoms with Crippen LogP contribution in [0.5, 0.6) is 0 Å². The summed E-state index contributed by atoms with van der Waals surface area (Å²) in [7, 11) is 1.78. The van der Waals surface area contributed by atoms with E-state index in [1.54, 1.807) is 36.1 Å². The van der Waals surface area contributed by atoms with Gasteiger partial charge in [-0.15, -0.1) is 5.10 Å². The fraction of sp³-hybridized carbons (Fsp3) is 0.273. The van der Waals surface area contributed by atoms with Crippen LogP contribution in [-0.2, 0) is 13.5 Å². The van der Waals surface area contributed by atoms with E-state index in [0.29, 0.717) is 28.4 Å². The summed E-state index contributed by atoms with van der Waals surface area (Å²) in [5.41, 5.74) is 7.65. The lowest BCUT2D eigenvalue weighted by Gasteiger charge is -2.12. The second-order valence-electron chi connectivity index (χ2n) is 3.88. The lowest BCUT2D eigenvalue weighted by atomic mass is 10.0. The Balaban J connectivity index is 2.17. The smallest absolute Gasteiger partial charge is 0.0866 e.